The number of rotatable bonds is 11. The lowest BCUT2D eigenvalue weighted by Crippen LogP contribution is -2.51. The van der Waals surface area contributed by atoms with Gasteiger partial charge < -0.3 is 34.9 Å². The van der Waals surface area contributed by atoms with Gasteiger partial charge in [0.1, 0.15) is 23.7 Å². The Morgan fingerprint density at radius 3 is 1.72 bits per heavy atom. The van der Waals surface area contributed by atoms with Gasteiger partial charge in [0.25, 0.3) is 0 Å². The molecule has 2 aromatic heterocycles. The quantitative estimate of drug-likeness (QED) is 0.200. The molecule has 4 amide bonds. The number of hydrogen-bond acceptors (Lipinski definition) is 7. The summed E-state index contributed by atoms with van der Waals surface area (Å²) in [5.74, 6) is 2.29. The summed E-state index contributed by atoms with van der Waals surface area (Å²) in [5.41, 5.74) is 4.57. The van der Waals surface area contributed by atoms with Crippen molar-refractivity contribution in [3.63, 3.8) is 0 Å². The molecule has 2 aliphatic carbocycles. The smallest absolute Gasteiger partial charge is 0.407 e. The van der Waals surface area contributed by atoms with Crippen molar-refractivity contribution in [2.45, 2.75) is 116 Å². The summed E-state index contributed by atoms with van der Waals surface area (Å²) in [6.45, 7) is 8.82. The van der Waals surface area contributed by atoms with Crippen molar-refractivity contribution < 1.29 is 29.0 Å². The first-order chi connectivity index (χ1) is 25.9. The average Bonchev–Trinajstić information content (AvgIpc) is 4.00. The van der Waals surface area contributed by atoms with E-state index in [0.717, 1.165) is 92.1 Å². The fourth-order valence-electron chi connectivity index (χ4n) is 9.09. The number of carboxylic acid groups (broad SMARTS) is 1. The van der Waals surface area contributed by atoms with Gasteiger partial charge in [0, 0.05) is 20.1 Å². The highest BCUT2D eigenvalue weighted by Crippen LogP contribution is 2.42. The lowest BCUT2D eigenvalue weighted by atomic mass is 9.74. The summed E-state index contributed by atoms with van der Waals surface area (Å²) in [6.07, 6.45) is 16.4. The molecule has 294 valence electrons. The SMILES string of the molecule is COC(=O)N[C@H](C(=O)N1CCC[C@H]1c1ncc(C2=CCC(C3CC=C(c4cnc([C@@H]5CCCN5C(=O)[C@H](C(C)C)N(C)C(=O)O)[nH]4)CC3)CC2)[nH]1)C(C)C. The zero-order valence-corrected chi connectivity index (χ0v) is 32.6. The first-order valence-corrected chi connectivity index (χ1v) is 19.8. The summed E-state index contributed by atoms with van der Waals surface area (Å²) in [4.78, 5) is 72.2. The number of nitrogens with one attached hydrogen (secondary N) is 3. The molecule has 0 radical (unpaired) electrons. The fourth-order valence-corrected chi connectivity index (χ4v) is 9.09. The second-order valence-electron chi connectivity index (χ2n) is 16.2. The molecule has 6 atom stereocenters. The molecule has 4 heterocycles. The maximum atomic E-state index is 13.6. The Kier molecular flexibility index (Phi) is 12.2. The van der Waals surface area contributed by atoms with Crippen molar-refractivity contribution >= 4 is 35.1 Å². The molecule has 0 bridgehead atoms. The van der Waals surface area contributed by atoms with E-state index in [9.17, 15) is 24.3 Å². The van der Waals surface area contributed by atoms with Crippen LogP contribution < -0.4 is 5.32 Å². The number of hydrogen-bond donors (Lipinski definition) is 4. The monoisotopic (exact) mass is 746 g/mol. The maximum Gasteiger partial charge on any atom is 0.407 e. The number of imidazole rings is 2. The Labute approximate surface area is 318 Å². The normalized spacial score (nSPS) is 24.3. The fraction of sp³-hybridized carbons (Fsp3) is 0.650. The number of methoxy groups -OCH3 is 1. The molecule has 0 aromatic carbocycles. The maximum absolute atomic E-state index is 13.6. The van der Waals surface area contributed by atoms with E-state index in [0.29, 0.717) is 24.9 Å². The van der Waals surface area contributed by atoms with E-state index in [1.165, 1.54) is 25.3 Å². The third kappa shape index (κ3) is 8.22. The zero-order chi connectivity index (χ0) is 38.7. The summed E-state index contributed by atoms with van der Waals surface area (Å²) < 4.78 is 4.77. The van der Waals surface area contributed by atoms with Crippen LogP contribution in [0, 0.1) is 23.7 Å². The van der Waals surface area contributed by atoms with E-state index >= 15 is 0 Å². The number of carbonyl (C=O) groups is 4. The van der Waals surface area contributed by atoms with Gasteiger partial charge in [-0.1, -0.05) is 39.8 Å². The second-order valence-corrected chi connectivity index (χ2v) is 16.2. The Hall–Kier alpha value is -4.62. The number of H-pyrrole nitrogens is 2. The molecule has 2 aromatic rings. The molecule has 0 saturated carbocycles. The van der Waals surface area contributed by atoms with Crippen molar-refractivity contribution in [3.8, 4) is 0 Å². The van der Waals surface area contributed by atoms with Crippen LogP contribution in [0.25, 0.3) is 11.1 Å². The molecule has 54 heavy (non-hydrogen) atoms. The van der Waals surface area contributed by atoms with Gasteiger partial charge in [-0.15, -0.1) is 0 Å². The van der Waals surface area contributed by atoms with Gasteiger partial charge in [-0.25, -0.2) is 19.6 Å². The van der Waals surface area contributed by atoms with Gasteiger partial charge in [0.15, 0.2) is 0 Å². The number of likely N-dealkylation sites (tertiary alicyclic amines) is 2. The highest BCUT2D eigenvalue weighted by molar-refractivity contribution is 5.87. The van der Waals surface area contributed by atoms with Crippen molar-refractivity contribution in [2.75, 3.05) is 27.2 Å². The van der Waals surface area contributed by atoms with E-state index in [1.807, 2.05) is 49.9 Å². The van der Waals surface area contributed by atoms with E-state index in [1.54, 1.807) is 0 Å². The number of likely N-dealkylation sites (N-methyl/N-ethyl adjacent to an activating group) is 1. The molecule has 0 spiro atoms. The molecule has 4 aliphatic rings. The average molecular weight is 747 g/mol. The van der Waals surface area contributed by atoms with E-state index < -0.39 is 24.3 Å². The van der Waals surface area contributed by atoms with Crippen LogP contribution >= 0.6 is 0 Å². The summed E-state index contributed by atoms with van der Waals surface area (Å²) >= 11 is 0. The summed E-state index contributed by atoms with van der Waals surface area (Å²) in [6, 6.07) is -1.74. The molecule has 2 unspecified atom stereocenters. The number of allylic oxidation sites excluding steroid dienone is 4. The van der Waals surface area contributed by atoms with Crippen LogP contribution in [0.15, 0.2) is 24.5 Å². The standard InChI is InChI=1S/C40H58N8O6/c1-23(2)33(45-39(51)54-6)37(49)47-19-7-9-31(47)35-41-21-29(43-35)27-15-11-25(12-16-27)26-13-17-28(18-14-26)30-22-42-36(44-30)32-10-8-20-48(32)38(50)34(24(3)4)46(5)40(52)53/h15,17,21-26,31-34H,7-14,16,18-20H2,1-6H3,(H,41,43)(H,42,44)(H,45,51)(H,52,53)/t25?,26?,31-,32-,33-,34-/m0/s1. The minimum Gasteiger partial charge on any atom is -0.465 e. The second kappa shape index (κ2) is 16.8. The molecule has 6 rings (SSSR count). The topological polar surface area (TPSA) is 177 Å². The Morgan fingerprint density at radius 1 is 0.815 bits per heavy atom. The number of aromatic nitrogens is 4. The van der Waals surface area contributed by atoms with Gasteiger partial charge in [-0.05, 0) is 99.0 Å². The van der Waals surface area contributed by atoms with Gasteiger partial charge in [0.2, 0.25) is 11.8 Å². The van der Waals surface area contributed by atoms with Crippen molar-refractivity contribution in [1.29, 1.82) is 0 Å². The van der Waals surface area contributed by atoms with Crippen molar-refractivity contribution in [2.24, 2.45) is 23.7 Å². The van der Waals surface area contributed by atoms with Crippen molar-refractivity contribution in [1.82, 2.24) is 40.0 Å². The molecule has 2 fully saturated rings. The first-order valence-electron chi connectivity index (χ1n) is 19.8. The number of amides is 4. The molecular formula is C40H58N8O6. The van der Waals surface area contributed by atoms with Crippen LogP contribution in [-0.2, 0) is 14.3 Å². The van der Waals surface area contributed by atoms with Gasteiger partial charge in [0.05, 0.1) is 43.0 Å². The van der Waals surface area contributed by atoms with E-state index in [2.05, 4.69) is 27.4 Å². The summed E-state index contributed by atoms with van der Waals surface area (Å²) in [5, 5.41) is 12.3. The lowest BCUT2D eigenvalue weighted by molar-refractivity contribution is -0.138. The van der Waals surface area contributed by atoms with Crippen LogP contribution in [0.1, 0.15) is 127 Å². The van der Waals surface area contributed by atoms with Crippen molar-refractivity contribution in [3.05, 3.63) is 47.6 Å². The molecule has 4 N–H and O–H groups in total. The molecule has 14 heteroatoms. The number of alkyl carbamates (subject to hydrolysis) is 1. The predicted octanol–water partition coefficient (Wildman–Crippen LogP) is 6.54. The van der Waals surface area contributed by atoms with Crippen LogP contribution in [0.5, 0.6) is 0 Å². The number of nitrogens with zero attached hydrogens (tertiary/aromatic N) is 5. The molecular weight excluding hydrogens is 688 g/mol. The number of carbonyl (C=O) groups excluding carboxylic acids is 3. The first kappa shape index (κ1) is 39.1. The van der Waals surface area contributed by atoms with E-state index in [-0.39, 0.29) is 35.7 Å². The number of ether oxygens (including phenoxy) is 1. The zero-order valence-electron chi connectivity index (χ0n) is 32.6. The minimum atomic E-state index is -1.10. The van der Waals surface area contributed by atoms with Crippen LogP contribution in [0.4, 0.5) is 9.59 Å². The largest absolute Gasteiger partial charge is 0.465 e. The third-order valence-corrected chi connectivity index (χ3v) is 12.2. The third-order valence-electron chi connectivity index (χ3n) is 12.2. The van der Waals surface area contributed by atoms with E-state index in [4.69, 9.17) is 14.7 Å². The van der Waals surface area contributed by atoms with Crippen LogP contribution in [0.2, 0.25) is 0 Å². The Balaban J connectivity index is 1.04. The lowest BCUT2D eigenvalue weighted by Gasteiger charge is -2.33. The highest BCUT2D eigenvalue weighted by atomic mass is 16.5. The number of aromatic amines is 2. The Morgan fingerprint density at radius 2 is 1.31 bits per heavy atom. The molecule has 14 nitrogen and oxygen atoms in total. The predicted molar refractivity (Wildman–Crippen MR) is 204 cm³/mol. The van der Waals surface area contributed by atoms with Crippen LogP contribution in [0.3, 0.4) is 0 Å². The van der Waals surface area contributed by atoms with Gasteiger partial charge in [-0.3, -0.25) is 14.5 Å². The van der Waals surface area contributed by atoms with Crippen LogP contribution in [-0.4, -0.2) is 103 Å². The summed E-state index contributed by atoms with van der Waals surface area (Å²) in [7, 11) is 2.77. The minimum absolute atomic E-state index is 0.0822. The molecule has 2 aliphatic heterocycles. The molecule has 2 saturated heterocycles. The Bertz CT molecular complexity index is 1740. The highest BCUT2D eigenvalue weighted by Gasteiger charge is 2.40. The van der Waals surface area contributed by atoms with Gasteiger partial charge >= 0.3 is 12.2 Å². The van der Waals surface area contributed by atoms with Gasteiger partial charge in [-0.2, -0.15) is 0 Å².